The summed E-state index contributed by atoms with van der Waals surface area (Å²) in [5.74, 6) is -1.04. The molecule has 6 nitrogen and oxygen atoms in total. The molecular weight excluding hydrogens is 306 g/mol. The first-order valence-corrected chi connectivity index (χ1v) is 7.88. The maximum Gasteiger partial charge on any atom is 0.303 e. The summed E-state index contributed by atoms with van der Waals surface area (Å²) in [7, 11) is 0. The Bertz CT molecular complexity index is 691. The molecule has 2 rings (SSSR count). The fourth-order valence-electron chi connectivity index (χ4n) is 2.62. The minimum absolute atomic E-state index is 0.0344. The van der Waals surface area contributed by atoms with Gasteiger partial charge in [-0.15, -0.1) is 0 Å². The molecule has 6 heteroatoms. The maximum absolute atomic E-state index is 12.2. The van der Waals surface area contributed by atoms with Crippen molar-refractivity contribution in [3.63, 3.8) is 0 Å². The van der Waals surface area contributed by atoms with Crippen molar-refractivity contribution >= 4 is 11.9 Å². The van der Waals surface area contributed by atoms with Crippen LogP contribution < -0.4 is 5.32 Å². The quantitative estimate of drug-likeness (QED) is 0.818. The fraction of sp³-hybridized carbons (Fsp3) is 0.389. The van der Waals surface area contributed by atoms with Gasteiger partial charge in [-0.3, -0.25) is 9.59 Å². The average molecular weight is 329 g/mol. The Hall–Kier alpha value is -2.63. The van der Waals surface area contributed by atoms with Gasteiger partial charge in [0.1, 0.15) is 0 Å². The van der Waals surface area contributed by atoms with Gasteiger partial charge in [-0.05, 0) is 36.1 Å². The minimum Gasteiger partial charge on any atom is -0.481 e. The number of carbonyl (C=O) groups excluding carboxylic acids is 1. The van der Waals surface area contributed by atoms with Crippen LogP contribution in [0.25, 0.3) is 5.69 Å². The fourth-order valence-corrected chi connectivity index (χ4v) is 2.62. The molecule has 0 saturated carbocycles. The van der Waals surface area contributed by atoms with Crippen LogP contribution in [0.3, 0.4) is 0 Å². The lowest BCUT2D eigenvalue weighted by atomic mass is 9.85. The monoisotopic (exact) mass is 329 g/mol. The van der Waals surface area contributed by atoms with Gasteiger partial charge in [0.2, 0.25) is 5.91 Å². The summed E-state index contributed by atoms with van der Waals surface area (Å²) in [6.07, 6.45) is 3.72. The van der Waals surface area contributed by atoms with Crippen LogP contribution in [0.1, 0.15) is 45.2 Å². The molecule has 2 N–H and O–H groups in total. The second-order valence-corrected chi connectivity index (χ2v) is 6.74. The Morgan fingerprint density at radius 1 is 1.25 bits per heavy atom. The lowest BCUT2D eigenvalue weighted by Gasteiger charge is -2.23. The van der Waals surface area contributed by atoms with E-state index in [0.717, 1.165) is 11.3 Å². The summed E-state index contributed by atoms with van der Waals surface area (Å²) < 4.78 is 1.77. The second kappa shape index (κ2) is 7.29. The van der Waals surface area contributed by atoms with Crippen molar-refractivity contribution in [3.05, 3.63) is 48.3 Å². The van der Waals surface area contributed by atoms with Gasteiger partial charge in [0.25, 0.3) is 0 Å². The van der Waals surface area contributed by atoms with Gasteiger partial charge in [0.05, 0.1) is 18.2 Å². The number of hydrogen-bond acceptors (Lipinski definition) is 3. The summed E-state index contributed by atoms with van der Waals surface area (Å²) in [5, 5.41) is 16.0. The van der Waals surface area contributed by atoms with Gasteiger partial charge >= 0.3 is 5.97 Å². The van der Waals surface area contributed by atoms with Crippen LogP contribution in [0.4, 0.5) is 0 Å². The van der Waals surface area contributed by atoms with E-state index in [-0.39, 0.29) is 24.8 Å². The van der Waals surface area contributed by atoms with Crippen molar-refractivity contribution < 1.29 is 14.7 Å². The summed E-state index contributed by atoms with van der Waals surface area (Å²) in [6.45, 7) is 5.47. The molecule has 1 unspecified atom stereocenters. The minimum atomic E-state index is -0.893. The first-order valence-electron chi connectivity index (χ1n) is 7.88. The lowest BCUT2D eigenvalue weighted by molar-refractivity contribution is -0.139. The zero-order valence-electron chi connectivity index (χ0n) is 14.2. The Labute approximate surface area is 141 Å². The van der Waals surface area contributed by atoms with Gasteiger partial charge < -0.3 is 10.4 Å². The van der Waals surface area contributed by atoms with Gasteiger partial charge in [0, 0.05) is 18.8 Å². The predicted octanol–water partition coefficient (Wildman–Crippen LogP) is 2.94. The number of benzene rings is 1. The van der Waals surface area contributed by atoms with E-state index in [1.165, 1.54) is 0 Å². The highest BCUT2D eigenvalue weighted by Gasteiger charge is 2.25. The molecule has 128 valence electrons. The zero-order chi connectivity index (χ0) is 17.7. The highest BCUT2D eigenvalue weighted by molar-refractivity contribution is 5.78. The summed E-state index contributed by atoms with van der Waals surface area (Å²) in [5.41, 5.74) is 1.36. The number of rotatable bonds is 7. The zero-order valence-corrected chi connectivity index (χ0v) is 14.2. The number of carboxylic acid groups (broad SMARTS) is 1. The first kappa shape index (κ1) is 17.7. The van der Waals surface area contributed by atoms with Crippen LogP contribution in [0.5, 0.6) is 0 Å². The molecule has 0 spiro atoms. The second-order valence-electron chi connectivity index (χ2n) is 6.74. The third-order valence-corrected chi connectivity index (χ3v) is 3.81. The van der Waals surface area contributed by atoms with Crippen LogP contribution in [-0.2, 0) is 9.59 Å². The van der Waals surface area contributed by atoms with Crippen LogP contribution in [0.15, 0.2) is 42.7 Å². The van der Waals surface area contributed by atoms with Crippen molar-refractivity contribution in [3.8, 4) is 5.69 Å². The molecule has 0 bridgehead atoms. The average Bonchev–Trinajstić information content (AvgIpc) is 2.99. The number of aromatic nitrogens is 2. The van der Waals surface area contributed by atoms with E-state index in [0.29, 0.717) is 0 Å². The summed E-state index contributed by atoms with van der Waals surface area (Å²) >= 11 is 0. The molecule has 0 radical (unpaired) electrons. The van der Waals surface area contributed by atoms with Crippen molar-refractivity contribution in [2.24, 2.45) is 5.41 Å². The Balaban J connectivity index is 1.95. The molecule has 2 aromatic rings. The van der Waals surface area contributed by atoms with Gasteiger partial charge in [0.15, 0.2) is 0 Å². The van der Waals surface area contributed by atoms with Crippen molar-refractivity contribution in [1.29, 1.82) is 0 Å². The molecular formula is C18H23N3O3. The predicted molar refractivity (Wildman–Crippen MR) is 90.8 cm³/mol. The largest absolute Gasteiger partial charge is 0.481 e. The van der Waals surface area contributed by atoms with Gasteiger partial charge in [-0.2, -0.15) is 5.10 Å². The van der Waals surface area contributed by atoms with Gasteiger partial charge in [-0.1, -0.05) is 26.0 Å². The van der Waals surface area contributed by atoms with Crippen LogP contribution in [0, 0.1) is 5.41 Å². The maximum atomic E-state index is 12.2. The summed E-state index contributed by atoms with van der Waals surface area (Å²) in [6, 6.07) is 9.49. The molecule has 1 aromatic carbocycles. The Kier molecular flexibility index (Phi) is 5.39. The molecule has 0 fully saturated rings. The van der Waals surface area contributed by atoms with Crippen molar-refractivity contribution in [1.82, 2.24) is 15.1 Å². The number of aliphatic carboxylic acids is 1. The van der Waals surface area contributed by atoms with Gasteiger partial charge in [-0.25, -0.2) is 4.68 Å². The molecule has 0 aliphatic heterocycles. The van der Waals surface area contributed by atoms with Crippen LogP contribution in [0.2, 0.25) is 0 Å². The third kappa shape index (κ3) is 4.94. The number of nitrogens with one attached hydrogen (secondary N) is 1. The molecule has 1 atom stereocenters. The summed E-state index contributed by atoms with van der Waals surface area (Å²) in [4.78, 5) is 23.0. The molecule has 1 aromatic heterocycles. The SMILES string of the molecule is CC(NC(=O)CC(C)(C)CC(=O)O)c1ccc(-n2cccn2)cc1. The Morgan fingerprint density at radius 3 is 2.46 bits per heavy atom. The molecule has 0 saturated heterocycles. The number of nitrogens with zero attached hydrogens (tertiary/aromatic N) is 2. The van der Waals surface area contributed by atoms with E-state index in [9.17, 15) is 9.59 Å². The highest BCUT2D eigenvalue weighted by Crippen LogP contribution is 2.25. The number of carboxylic acids is 1. The number of hydrogen-bond donors (Lipinski definition) is 2. The van der Waals surface area contributed by atoms with Crippen molar-refractivity contribution in [2.45, 2.75) is 39.7 Å². The highest BCUT2D eigenvalue weighted by atomic mass is 16.4. The molecule has 0 aliphatic carbocycles. The third-order valence-electron chi connectivity index (χ3n) is 3.81. The number of amides is 1. The van der Waals surface area contributed by atoms with Crippen LogP contribution in [-0.4, -0.2) is 26.8 Å². The van der Waals surface area contributed by atoms with Crippen LogP contribution >= 0.6 is 0 Å². The van der Waals surface area contributed by atoms with E-state index < -0.39 is 11.4 Å². The topological polar surface area (TPSA) is 84.2 Å². The van der Waals surface area contributed by atoms with E-state index >= 15 is 0 Å². The molecule has 24 heavy (non-hydrogen) atoms. The molecule has 1 heterocycles. The normalized spacial score (nSPS) is 12.6. The first-order chi connectivity index (χ1) is 11.3. The lowest BCUT2D eigenvalue weighted by Crippen LogP contribution is -2.31. The molecule has 0 aliphatic rings. The number of carbonyl (C=O) groups is 2. The van der Waals surface area contributed by atoms with E-state index in [1.54, 1.807) is 24.7 Å². The Morgan fingerprint density at radius 2 is 1.92 bits per heavy atom. The van der Waals surface area contributed by atoms with Crippen molar-refractivity contribution in [2.75, 3.05) is 0 Å². The molecule has 1 amide bonds. The van der Waals surface area contributed by atoms with E-state index in [4.69, 9.17) is 5.11 Å². The standard InChI is InChI=1S/C18H23N3O3/c1-13(20-16(22)11-18(2,3)12-17(23)24)14-5-7-15(8-6-14)21-10-4-9-19-21/h4-10,13H,11-12H2,1-3H3,(H,20,22)(H,23,24). The van der Waals surface area contributed by atoms with E-state index in [1.807, 2.05) is 43.5 Å². The smallest absolute Gasteiger partial charge is 0.303 e. The van der Waals surface area contributed by atoms with E-state index in [2.05, 4.69) is 10.4 Å².